The van der Waals surface area contributed by atoms with Gasteiger partial charge in [-0.3, -0.25) is 4.79 Å². The summed E-state index contributed by atoms with van der Waals surface area (Å²) in [5, 5.41) is 6.99. The fourth-order valence-corrected chi connectivity index (χ4v) is 2.57. The first kappa shape index (κ1) is 13.6. The summed E-state index contributed by atoms with van der Waals surface area (Å²) in [6, 6.07) is 1.71. The van der Waals surface area contributed by atoms with Crippen molar-refractivity contribution in [3.8, 4) is 0 Å². The van der Waals surface area contributed by atoms with E-state index in [0.29, 0.717) is 17.2 Å². The third-order valence-electron chi connectivity index (χ3n) is 2.63. The molecule has 0 amide bonds. The van der Waals surface area contributed by atoms with E-state index >= 15 is 0 Å². The molecule has 7 nitrogen and oxygen atoms in total. The van der Waals surface area contributed by atoms with Gasteiger partial charge in [0.15, 0.2) is 5.65 Å². The third-order valence-corrected chi connectivity index (χ3v) is 3.80. The summed E-state index contributed by atoms with van der Waals surface area (Å²) in [6.45, 7) is 3.53. The summed E-state index contributed by atoms with van der Waals surface area (Å²) >= 11 is 1.43. The van der Waals surface area contributed by atoms with Crippen LogP contribution in [0, 0.1) is 12.8 Å². The topological polar surface area (TPSA) is 89.3 Å². The van der Waals surface area contributed by atoms with E-state index in [0.717, 1.165) is 5.03 Å². The lowest BCUT2D eigenvalue weighted by molar-refractivity contribution is -0.143. The van der Waals surface area contributed by atoms with Crippen LogP contribution in [0.1, 0.15) is 12.7 Å². The second-order valence-corrected chi connectivity index (χ2v) is 5.14. The molecular formula is C11H14N4O3S. The SMILES string of the molecule is COC(=O)C(C)CSc1cc2n[nH]c(=O)n2c(C)n1. The Balaban J connectivity index is 2.18. The molecular weight excluding hydrogens is 268 g/mol. The maximum atomic E-state index is 11.4. The smallest absolute Gasteiger partial charge is 0.349 e. The molecule has 1 N–H and O–H groups in total. The molecule has 0 radical (unpaired) electrons. The fraction of sp³-hybridized carbons (Fsp3) is 0.455. The van der Waals surface area contributed by atoms with Crippen molar-refractivity contribution in [3.05, 3.63) is 22.4 Å². The van der Waals surface area contributed by atoms with E-state index in [1.54, 1.807) is 19.9 Å². The molecule has 2 aromatic rings. The molecule has 0 spiro atoms. The number of thioether (sulfide) groups is 1. The Labute approximate surface area is 113 Å². The highest BCUT2D eigenvalue weighted by atomic mass is 32.2. The molecule has 0 aromatic carbocycles. The van der Waals surface area contributed by atoms with Gasteiger partial charge in [-0.1, -0.05) is 6.92 Å². The van der Waals surface area contributed by atoms with Gasteiger partial charge in [-0.25, -0.2) is 19.3 Å². The zero-order valence-corrected chi connectivity index (χ0v) is 11.7. The Hall–Kier alpha value is -1.83. The van der Waals surface area contributed by atoms with E-state index in [9.17, 15) is 9.59 Å². The van der Waals surface area contributed by atoms with Crippen molar-refractivity contribution in [1.29, 1.82) is 0 Å². The van der Waals surface area contributed by atoms with Crippen molar-refractivity contribution in [2.24, 2.45) is 5.92 Å². The molecule has 0 aliphatic heterocycles. The number of nitrogens with zero attached hydrogens (tertiary/aromatic N) is 3. The van der Waals surface area contributed by atoms with Crippen LogP contribution in [0.2, 0.25) is 0 Å². The van der Waals surface area contributed by atoms with E-state index < -0.39 is 0 Å². The van der Waals surface area contributed by atoms with E-state index in [4.69, 9.17) is 0 Å². The van der Waals surface area contributed by atoms with Crippen LogP contribution in [-0.2, 0) is 9.53 Å². The molecule has 0 saturated carbocycles. The standard InChI is InChI=1S/C11H14N4O3S/c1-6(10(16)18-3)5-19-9-4-8-13-14-11(17)15(8)7(2)12-9/h4,6H,5H2,1-3H3,(H,14,17). The average Bonchev–Trinajstić information content (AvgIpc) is 2.77. The summed E-state index contributed by atoms with van der Waals surface area (Å²) < 4.78 is 6.06. The highest BCUT2D eigenvalue weighted by Crippen LogP contribution is 2.20. The summed E-state index contributed by atoms with van der Waals surface area (Å²) in [7, 11) is 1.37. The number of H-pyrrole nitrogens is 1. The van der Waals surface area contributed by atoms with Crippen molar-refractivity contribution in [3.63, 3.8) is 0 Å². The van der Waals surface area contributed by atoms with E-state index in [1.165, 1.54) is 23.3 Å². The Morgan fingerprint density at radius 3 is 3.05 bits per heavy atom. The van der Waals surface area contributed by atoms with Crippen molar-refractivity contribution < 1.29 is 9.53 Å². The Morgan fingerprint density at radius 1 is 1.63 bits per heavy atom. The highest BCUT2D eigenvalue weighted by molar-refractivity contribution is 7.99. The second-order valence-electron chi connectivity index (χ2n) is 4.10. The monoisotopic (exact) mass is 282 g/mol. The normalized spacial score (nSPS) is 12.6. The van der Waals surface area contributed by atoms with Gasteiger partial charge in [0.2, 0.25) is 0 Å². The minimum atomic E-state index is -0.306. The lowest BCUT2D eigenvalue weighted by atomic mass is 10.2. The predicted molar refractivity (Wildman–Crippen MR) is 70.2 cm³/mol. The van der Waals surface area contributed by atoms with Crippen molar-refractivity contribution >= 4 is 23.4 Å². The molecule has 19 heavy (non-hydrogen) atoms. The quantitative estimate of drug-likeness (QED) is 0.502. The maximum absolute atomic E-state index is 11.4. The number of hydrogen-bond donors (Lipinski definition) is 1. The molecule has 1 unspecified atom stereocenters. The molecule has 0 bridgehead atoms. The van der Waals surface area contributed by atoms with Gasteiger partial charge in [0, 0.05) is 11.8 Å². The Morgan fingerprint density at radius 2 is 2.37 bits per heavy atom. The molecule has 0 saturated heterocycles. The van der Waals surface area contributed by atoms with Crippen LogP contribution < -0.4 is 5.69 Å². The van der Waals surface area contributed by atoms with E-state index in [2.05, 4.69) is 19.9 Å². The van der Waals surface area contributed by atoms with E-state index in [-0.39, 0.29) is 17.6 Å². The van der Waals surface area contributed by atoms with Gasteiger partial charge < -0.3 is 4.74 Å². The Bertz CT molecular complexity index is 663. The zero-order chi connectivity index (χ0) is 14.0. The molecule has 0 aliphatic carbocycles. The fourth-order valence-electron chi connectivity index (χ4n) is 1.62. The summed E-state index contributed by atoms with van der Waals surface area (Å²) in [4.78, 5) is 27.0. The van der Waals surface area contributed by atoms with Crippen molar-refractivity contribution in [2.45, 2.75) is 18.9 Å². The number of carbonyl (C=O) groups is 1. The van der Waals surface area contributed by atoms with Gasteiger partial charge in [-0.2, -0.15) is 5.10 Å². The number of fused-ring (bicyclic) bond motifs is 1. The minimum Gasteiger partial charge on any atom is -0.469 e. The first-order valence-electron chi connectivity index (χ1n) is 5.68. The number of rotatable bonds is 4. The number of ether oxygens (including phenoxy) is 1. The molecule has 0 aliphatic rings. The number of methoxy groups -OCH3 is 1. The summed E-state index contributed by atoms with van der Waals surface area (Å²) in [5.74, 6) is 0.657. The summed E-state index contributed by atoms with van der Waals surface area (Å²) in [6.07, 6.45) is 0. The van der Waals surface area contributed by atoms with Gasteiger partial charge in [0.25, 0.3) is 0 Å². The number of aryl methyl sites for hydroxylation is 1. The average molecular weight is 282 g/mol. The number of carbonyl (C=O) groups excluding carboxylic acids is 1. The van der Waals surface area contributed by atoms with Crippen LogP contribution in [-0.4, -0.2) is 38.4 Å². The third kappa shape index (κ3) is 2.78. The molecule has 2 aromatic heterocycles. The molecule has 2 heterocycles. The molecule has 2 rings (SSSR count). The van der Waals surface area contributed by atoms with Gasteiger partial charge in [0.1, 0.15) is 10.9 Å². The van der Waals surface area contributed by atoms with Crippen LogP contribution in [0.5, 0.6) is 0 Å². The molecule has 1 atom stereocenters. The number of nitrogens with one attached hydrogen (secondary N) is 1. The lowest BCUT2D eigenvalue weighted by Crippen LogP contribution is -2.15. The van der Waals surface area contributed by atoms with Crippen LogP contribution in [0.25, 0.3) is 5.65 Å². The van der Waals surface area contributed by atoms with Crippen LogP contribution in [0.3, 0.4) is 0 Å². The van der Waals surface area contributed by atoms with Gasteiger partial charge in [-0.15, -0.1) is 11.8 Å². The molecule has 8 heteroatoms. The predicted octanol–water partition coefficient (Wildman–Crippen LogP) is 0.627. The van der Waals surface area contributed by atoms with Crippen molar-refractivity contribution in [1.82, 2.24) is 19.6 Å². The first-order chi connectivity index (χ1) is 9.02. The van der Waals surface area contributed by atoms with Gasteiger partial charge in [0.05, 0.1) is 13.0 Å². The second kappa shape index (κ2) is 5.43. The zero-order valence-electron chi connectivity index (χ0n) is 10.8. The van der Waals surface area contributed by atoms with Gasteiger partial charge in [-0.05, 0) is 6.92 Å². The maximum Gasteiger partial charge on any atom is 0.349 e. The van der Waals surface area contributed by atoms with Gasteiger partial charge >= 0.3 is 11.7 Å². The Kier molecular flexibility index (Phi) is 3.89. The minimum absolute atomic E-state index is 0.213. The molecule has 0 fully saturated rings. The number of aromatic nitrogens is 4. The lowest BCUT2D eigenvalue weighted by Gasteiger charge is -2.08. The number of aromatic amines is 1. The number of hydrogen-bond acceptors (Lipinski definition) is 6. The summed E-state index contributed by atoms with van der Waals surface area (Å²) in [5.41, 5.74) is 0.213. The first-order valence-corrected chi connectivity index (χ1v) is 6.67. The van der Waals surface area contributed by atoms with Crippen molar-refractivity contribution in [2.75, 3.05) is 12.9 Å². The number of esters is 1. The highest BCUT2D eigenvalue weighted by Gasteiger charge is 2.14. The van der Waals surface area contributed by atoms with Crippen LogP contribution >= 0.6 is 11.8 Å². The van der Waals surface area contributed by atoms with Crippen LogP contribution in [0.15, 0.2) is 15.9 Å². The van der Waals surface area contributed by atoms with Crippen LogP contribution in [0.4, 0.5) is 0 Å². The largest absolute Gasteiger partial charge is 0.469 e. The van der Waals surface area contributed by atoms with E-state index in [1.807, 2.05) is 0 Å². The molecule has 102 valence electrons.